The SMILES string of the molecule is Cc1cc(Br)c(NC(=O)CN2c3ccccc3CC2C)c(Br)c1. The number of benzene rings is 2. The molecule has 0 spiro atoms. The van der Waals surface area contributed by atoms with Gasteiger partial charge in [-0.3, -0.25) is 4.79 Å². The number of aryl methyl sites for hydroxylation is 1. The van der Waals surface area contributed by atoms with E-state index in [4.69, 9.17) is 0 Å². The van der Waals surface area contributed by atoms with Crippen molar-refractivity contribution in [3.63, 3.8) is 0 Å². The molecule has 1 aliphatic heterocycles. The number of para-hydroxylation sites is 1. The van der Waals surface area contributed by atoms with Crippen LogP contribution in [0.3, 0.4) is 0 Å². The third-order valence-electron chi connectivity index (χ3n) is 4.11. The van der Waals surface area contributed by atoms with E-state index in [0.29, 0.717) is 12.6 Å². The molecule has 120 valence electrons. The Balaban J connectivity index is 1.76. The van der Waals surface area contributed by atoms with E-state index in [0.717, 1.165) is 32.3 Å². The third-order valence-corrected chi connectivity index (χ3v) is 5.36. The fraction of sp³-hybridized carbons (Fsp3) is 0.278. The van der Waals surface area contributed by atoms with Crippen LogP contribution in [0.15, 0.2) is 45.3 Å². The Kier molecular flexibility index (Phi) is 4.78. The van der Waals surface area contributed by atoms with E-state index in [-0.39, 0.29) is 5.91 Å². The minimum absolute atomic E-state index is 0.0150. The zero-order valence-corrected chi connectivity index (χ0v) is 16.2. The maximum atomic E-state index is 12.5. The Bertz CT molecular complexity index is 737. The van der Waals surface area contributed by atoms with Crippen LogP contribution in [-0.2, 0) is 11.2 Å². The van der Waals surface area contributed by atoms with Gasteiger partial charge in [0.1, 0.15) is 0 Å². The average Bonchev–Trinajstić information content (AvgIpc) is 2.79. The average molecular weight is 438 g/mol. The number of nitrogens with one attached hydrogen (secondary N) is 1. The molecule has 0 aromatic heterocycles. The van der Waals surface area contributed by atoms with Crippen molar-refractivity contribution in [1.29, 1.82) is 0 Å². The summed E-state index contributed by atoms with van der Waals surface area (Å²) in [6.07, 6.45) is 0.987. The first-order valence-electron chi connectivity index (χ1n) is 7.55. The van der Waals surface area contributed by atoms with Gasteiger partial charge in [-0.2, -0.15) is 0 Å². The predicted molar refractivity (Wildman–Crippen MR) is 102 cm³/mol. The summed E-state index contributed by atoms with van der Waals surface area (Å²) in [6, 6.07) is 12.6. The molecule has 3 nitrogen and oxygen atoms in total. The van der Waals surface area contributed by atoms with E-state index in [1.54, 1.807) is 0 Å². The molecule has 1 unspecified atom stereocenters. The second-order valence-corrected chi connectivity index (χ2v) is 7.67. The molecule has 1 aliphatic rings. The van der Waals surface area contributed by atoms with Crippen LogP contribution >= 0.6 is 31.9 Å². The Hall–Kier alpha value is -1.33. The van der Waals surface area contributed by atoms with Crippen molar-refractivity contribution in [3.05, 3.63) is 56.5 Å². The number of fused-ring (bicyclic) bond motifs is 1. The number of nitrogens with zero attached hydrogens (tertiary/aromatic N) is 1. The summed E-state index contributed by atoms with van der Waals surface area (Å²) >= 11 is 7.04. The van der Waals surface area contributed by atoms with E-state index in [2.05, 4.69) is 67.2 Å². The lowest BCUT2D eigenvalue weighted by atomic mass is 10.1. The van der Waals surface area contributed by atoms with Crippen molar-refractivity contribution in [3.8, 4) is 0 Å². The lowest BCUT2D eigenvalue weighted by Crippen LogP contribution is -2.37. The minimum atomic E-state index is -0.0150. The topological polar surface area (TPSA) is 32.3 Å². The molecule has 1 atom stereocenters. The van der Waals surface area contributed by atoms with Crippen molar-refractivity contribution in [1.82, 2.24) is 0 Å². The van der Waals surface area contributed by atoms with Crippen molar-refractivity contribution in [2.45, 2.75) is 26.3 Å². The van der Waals surface area contributed by atoms with Gasteiger partial charge in [0.2, 0.25) is 5.91 Å². The smallest absolute Gasteiger partial charge is 0.243 e. The van der Waals surface area contributed by atoms with Gasteiger partial charge in [-0.1, -0.05) is 18.2 Å². The number of amides is 1. The maximum absolute atomic E-state index is 12.5. The number of halogens is 2. The zero-order chi connectivity index (χ0) is 16.6. The maximum Gasteiger partial charge on any atom is 0.243 e. The summed E-state index contributed by atoms with van der Waals surface area (Å²) in [5.41, 5.74) is 4.38. The molecule has 2 aromatic rings. The Morgan fingerprint density at radius 3 is 2.61 bits per heavy atom. The lowest BCUT2D eigenvalue weighted by molar-refractivity contribution is -0.115. The van der Waals surface area contributed by atoms with Gasteiger partial charge in [0.05, 0.1) is 12.2 Å². The van der Waals surface area contributed by atoms with Gasteiger partial charge in [-0.15, -0.1) is 0 Å². The van der Waals surface area contributed by atoms with Crippen molar-refractivity contribution in [2.75, 3.05) is 16.8 Å². The summed E-state index contributed by atoms with van der Waals surface area (Å²) in [7, 11) is 0. The van der Waals surface area contributed by atoms with Gasteiger partial charge < -0.3 is 10.2 Å². The fourth-order valence-electron chi connectivity index (χ4n) is 3.02. The molecule has 5 heteroatoms. The van der Waals surface area contributed by atoms with Gasteiger partial charge in [0.25, 0.3) is 0 Å². The van der Waals surface area contributed by atoms with Crippen LogP contribution in [0.4, 0.5) is 11.4 Å². The summed E-state index contributed by atoms with van der Waals surface area (Å²) < 4.78 is 1.76. The second kappa shape index (κ2) is 6.65. The van der Waals surface area contributed by atoms with Crippen LogP contribution in [0, 0.1) is 6.92 Å². The number of anilines is 2. The van der Waals surface area contributed by atoms with Gasteiger partial charge in [0, 0.05) is 20.7 Å². The first-order chi connectivity index (χ1) is 11.0. The highest BCUT2D eigenvalue weighted by Gasteiger charge is 2.27. The van der Waals surface area contributed by atoms with E-state index in [1.807, 2.05) is 25.1 Å². The normalized spacial score (nSPS) is 16.3. The number of carbonyl (C=O) groups is 1. The van der Waals surface area contributed by atoms with Crippen LogP contribution in [0.2, 0.25) is 0 Å². The van der Waals surface area contributed by atoms with Gasteiger partial charge in [-0.05, 0) is 81.5 Å². The van der Waals surface area contributed by atoms with Crippen LogP contribution < -0.4 is 10.2 Å². The molecule has 1 heterocycles. The zero-order valence-electron chi connectivity index (χ0n) is 13.1. The molecule has 0 fully saturated rings. The molecule has 0 saturated heterocycles. The first-order valence-corrected chi connectivity index (χ1v) is 9.14. The largest absolute Gasteiger partial charge is 0.359 e. The summed E-state index contributed by atoms with van der Waals surface area (Å²) in [5.74, 6) is -0.0150. The number of rotatable bonds is 3. The van der Waals surface area contributed by atoms with Crippen molar-refractivity contribution in [2.24, 2.45) is 0 Å². The summed E-state index contributed by atoms with van der Waals surface area (Å²) in [6.45, 7) is 4.53. The molecule has 0 bridgehead atoms. The summed E-state index contributed by atoms with van der Waals surface area (Å²) in [5, 5.41) is 3.01. The number of hydrogen-bond donors (Lipinski definition) is 1. The quantitative estimate of drug-likeness (QED) is 0.739. The standard InChI is InChI=1S/C18H18Br2N2O/c1-11-7-14(19)18(15(20)8-11)21-17(23)10-22-12(2)9-13-5-3-4-6-16(13)22/h3-8,12H,9-10H2,1-2H3,(H,21,23). The molecular formula is C18H18Br2N2O. The molecular weight excluding hydrogens is 420 g/mol. The molecule has 2 aromatic carbocycles. The summed E-state index contributed by atoms with van der Waals surface area (Å²) in [4.78, 5) is 14.7. The Labute approximate surface area is 153 Å². The van der Waals surface area contributed by atoms with Crippen LogP contribution in [0.5, 0.6) is 0 Å². The van der Waals surface area contributed by atoms with Gasteiger partial charge >= 0.3 is 0 Å². The van der Waals surface area contributed by atoms with Crippen LogP contribution in [-0.4, -0.2) is 18.5 Å². The fourth-order valence-corrected chi connectivity index (χ4v) is 4.64. The third kappa shape index (κ3) is 3.45. The molecule has 0 saturated carbocycles. The molecule has 0 radical (unpaired) electrons. The highest BCUT2D eigenvalue weighted by molar-refractivity contribution is 9.11. The van der Waals surface area contributed by atoms with Gasteiger partial charge in [0.15, 0.2) is 0 Å². The molecule has 1 N–H and O–H groups in total. The molecule has 1 amide bonds. The minimum Gasteiger partial charge on any atom is -0.359 e. The Morgan fingerprint density at radius 1 is 1.26 bits per heavy atom. The highest BCUT2D eigenvalue weighted by atomic mass is 79.9. The number of hydrogen-bond acceptors (Lipinski definition) is 2. The predicted octanol–water partition coefficient (Wildman–Crippen LogP) is 4.91. The van der Waals surface area contributed by atoms with E-state index in [1.165, 1.54) is 5.56 Å². The number of carbonyl (C=O) groups excluding carboxylic acids is 1. The van der Waals surface area contributed by atoms with E-state index < -0.39 is 0 Å². The van der Waals surface area contributed by atoms with Crippen LogP contribution in [0.25, 0.3) is 0 Å². The Morgan fingerprint density at radius 2 is 1.91 bits per heavy atom. The van der Waals surface area contributed by atoms with E-state index in [9.17, 15) is 4.79 Å². The van der Waals surface area contributed by atoms with E-state index >= 15 is 0 Å². The first kappa shape index (κ1) is 16.5. The van der Waals surface area contributed by atoms with Crippen molar-refractivity contribution >= 4 is 49.1 Å². The van der Waals surface area contributed by atoms with Crippen LogP contribution in [0.1, 0.15) is 18.1 Å². The lowest BCUT2D eigenvalue weighted by Gasteiger charge is -2.24. The second-order valence-electron chi connectivity index (χ2n) is 5.96. The van der Waals surface area contributed by atoms with Gasteiger partial charge in [-0.25, -0.2) is 0 Å². The highest BCUT2D eigenvalue weighted by Crippen LogP contribution is 2.34. The van der Waals surface area contributed by atoms with Crippen molar-refractivity contribution < 1.29 is 4.79 Å². The molecule has 0 aliphatic carbocycles. The molecule has 3 rings (SSSR count). The monoisotopic (exact) mass is 436 g/mol. The molecule has 23 heavy (non-hydrogen) atoms.